The molecule has 0 saturated carbocycles. The first kappa shape index (κ1) is 9.09. The van der Waals surface area contributed by atoms with Crippen molar-refractivity contribution in [3.63, 3.8) is 0 Å². The van der Waals surface area contributed by atoms with Gasteiger partial charge >= 0.3 is 0 Å². The third kappa shape index (κ3) is 2.25. The van der Waals surface area contributed by atoms with Crippen molar-refractivity contribution in [3.05, 3.63) is 22.4 Å². The average Bonchev–Trinajstić information content (AvgIpc) is 2.72. The van der Waals surface area contributed by atoms with Gasteiger partial charge < -0.3 is 5.32 Å². The number of thiophene rings is 1. The minimum absolute atomic E-state index is 0.182. The molecule has 1 fully saturated rings. The van der Waals surface area contributed by atoms with Crippen molar-refractivity contribution in [2.24, 2.45) is 0 Å². The predicted molar refractivity (Wildman–Crippen MR) is 57.0 cm³/mol. The zero-order valence-electron chi connectivity index (χ0n) is 7.16. The number of carbonyl (C=O) groups excluding carboxylic acids is 1. The Bertz CT molecular complexity index is 284. The fourth-order valence-corrected chi connectivity index (χ4v) is 3.02. The first-order valence-corrected chi connectivity index (χ1v) is 6.21. The standard InChI is InChI=1S/C9H11NOS2/c11-9-8(13-6-10-9)4-3-7-2-1-5-12-7/h1-2,5,8H,3-4,6H2,(H,10,11). The van der Waals surface area contributed by atoms with Crippen LogP contribution in [0.2, 0.25) is 0 Å². The summed E-state index contributed by atoms with van der Waals surface area (Å²) in [5.41, 5.74) is 0. The Kier molecular flexibility index (Phi) is 2.90. The normalized spacial score (nSPS) is 21.8. The summed E-state index contributed by atoms with van der Waals surface area (Å²) in [5, 5.41) is 5.09. The van der Waals surface area contributed by atoms with Crippen molar-refractivity contribution in [1.82, 2.24) is 5.32 Å². The molecule has 1 aromatic heterocycles. The van der Waals surface area contributed by atoms with Gasteiger partial charge in [-0.1, -0.05) is 6.07 Å². The third-order valence-electron chi connectivity index (χ3n) is 2.06. The molecule has 2 rings (SSSR count). The summed E-state index contributed by atoms with van der Waals surface area (Å²) in [7, 11) is 0. The molecule has 1 unspecified atom stereocenters. The second-order valence-electron chi connectivity index (χ2n) is 2.96. The van der Waals surface area contributed by atoms with Gasteiger partial charge in [0.25, 0.3) is 0 Å². The SMILES string of the molecule is O=C1NCSC1CCc1cccs1. The van der Waals surface area contributed by atoms with Gasteiger partial charge in [-0.05, 0) is 24.3 Å². The Morgan fingerprint density at radius 3 is 3.15 bits per heavy atom. The van der Waals surface area contributed by atoms with Crippen molar-refractivity contribution in [3.8, 4) is 0 Å². The van der Waals surface area contributed by atoms with E-state index < -0.39 is 0 Å². The molecule has 2 heterocycles. The summed E-state index contributed by atoms with van der Waals surface area (Å²) in [4.78, 5) is 12.6. The molecular formula is C9H11NOS2. The lowest BCUT2D eigenvalue weighted by molar-refractivity contribution is -0.119. The highest BCUT2D eigenvalue weighted by atomic mass is 32.2. The first-order chi connectivity index (χ1) is 6.36. The van der Waals surface area contributed by atoms with Gasteiger partial charge in [-0.25, -0.2) is 0 Å². The highest BCUT2D eigenvalue weighted by molar-refractivity contribution is 8.01. The van der Waals surface area contributed by atoms with Crippen LogP contribution in [0, 0.1) is 0 Å². The molecule has 1 aromatic rings. The Hall–Kier alpha value is -0.480. The summed E-state index contributed by atoms with van der Waals surface area (Å²) >= 11 is 3.48. The van der Waals surface area contributed by atoms with Gasteiger partial charge in [0.2, 0.25) is 5.91 Å². The second-order valence-corrected chi connectivity index (χ2v) is 5.18. The number of carbonyl (C=O) groups is 1. The molecule has 1 amide bonds. The van der Waals surface area contributed by atoms with Crippen molar-refractivity contribution < 1.29 is 4.79 Å². The third-order valence-corrected chi connectivity index (χ3v) is 4.16. The minimum Gasteiger partial charge on any atom is -0.346 e. The van der Waals surface area contributed by atoms with Gasteiger partial charge in [0.1, 0.15) is 0 Å². The van der Waals surface area contributed by atoms with E-state index in [0.29, 0.717) is 0 Å². The molecule has 2 nitrogen and oxygen atoms in total. The van der Waals surface area contributed by atoms with Crippen molar-refractivity contribution in [2.75, 3.05) is 5.88 Å². The zero-order valence-corrected chi connectivity index (χ0v) is 8.79. The number of rotatable bonds is 3. The maximum absolute atomic E-state index is 11.2. The predicted octanol–water partition coefficient (Wildman–Crippen LogP) is 1.87. The van der Waals surface area contributed by atoms with Crippen LogP contribution < -0.4 is 5.32 Å². The molecule has 13 heavy (non-hydrogen) atoms. The van der Waals surface area contributed by atoms with E-state index in [-0.39, 0.29) is 11.2 Å². The molecule has 1 saturated heterocycles. The minimum atomic E-state index is 0.182. The highest BCUT2D eigenvalue weighted by Crippen LogP contribution is 2.22. The number of thioether (sulfide) groups is 1. The topological polar surface area (TPSA) is 29.1 Å². The molecule has 0 aliphatic carbocycles. The number of hydrogen-bond donors (Lipinski definition) is 1. The number of amides is 1. The van der Waals surface area contributed by atoms with Crippen LogP contribution in [0.15, 0.2) is 17.5 Å². The van der Waals surface area contributed by atoms with Gasteiger partial charge in [0.05, 0.1) is 11.1 Å². The Morgan fingerprint density at radius 1 is 1.62 bits per heavy atom. The summed E-state index contributed by atoms with van der Waals surface area (Å²) in [6.07, 6.45) is 2.00. The average molecular weight is 213 g/mol. The van der Waals surface area contributed by atoms with Crippen molar-refractivity contribution in [2.45, 2.75) is 18.1 Å². The Labute approximate surface area is 85.7 Å². The van der Waals surface area contributed by atoms with Crippen LogP contribution in [-0.2, 0) is 11.2 Å². The maximum atomic E-state index is 11.2. The van der Waals surface area contributed by atoms with E-state index in [0.717, 1.165) is 18.7 Å². The molecule has 1 aliphatic rings. The van der Waals surface area contributed by atoms with Crippen LogP contribution >= 0.6 is 23.1 Å². The molecule has 0 spiro atoms. The van der Waals surface area contributed by atoms with Crippen molar-refractivity contribution in [1.29, 1.82) is 0 Å². The van der Waals surface area contributed by atoms with E-state index in [4.69, 9.17) is 0 Å². The fourth-order valence-electron chi connectivity index (χ4n) is 1.35. The maximum Gasteiger partial charge on any atom is 0.233 e. The van der Waals surface area contributed by atoms with Crippen LogP contribution in [0.1, 0.15) is 11.3 Å². The lowest BCUT2D eigenvalue weighted by Crippen LogP contribution is -2.22. The van der Waals surface area contributed by atoms with Gasteiger partial charge in [-0.3, -0.25) is 4.79 Å². The van der Waals surface area contributed by atoms with E-state index in [1.54, 1.807) is 23.1 Å². The van der Waals surface area contributed by atoms with E-state index in [9.17, 15) is 4.79 Å². The van der Waals surface area contributed by atoms with Gasteiger partial charge in [0, 0.05) is 4.88 Å². The first-order valence-electron chi connectivity index (χ1n) is 4.28. The van der Waals surface area contributed by atoms with E-state index in [1.807, 2.05) is 0 Å². The Morgan fingerprint density at radius 2 is 2.54 bits per heavy atom. The quantitative estimate of drug-likeness (QED) is 0.830. The van der Waals surface area contributed by atoms with E-state index in [1.165, 1.54) is 4.88 Å². The van der Waals surface area contributed by atoms with Gasteiger partial charge in [-0.2, -0.15) is 0 Å². The molecule has 0 bridgehead atoms. The van der Waals surface area contributed by atoms with Crippen LogP contribution in [0.3, 0.4) is 0 Å². The smallest absolute Gasteiger partial charge is 0.233 e. The lowest BCUT2D eigenvalue weighted by atomic mass is 10.2. The van der Waals surface area contributed by atoms with Crippen LogP contribution in [-0.4, -0.2) is 17.0 Å². The van der Waals surface area contributed by atoms with Crippen LogP contribution in [0.25, 0.3) is 0 Å². The number of hydrogen-bond acceptors (Lipinski definition) is 3. The number of aryl methyl sites for hydroxylation is 1. The van der Waals surface area contributed by atoms with Crippen LogP contribution in [0.5, 0.6) is 0 Å². The van der Waals surface area contributed by atoms with Gasteiger partial charge in [-0.15, -0.1) is 23.1 Å². The molecule has 0 radical (unpaired) electrons. The lowest BCUT2D eigenvalue weighted by Gasteiger charge is -2.03. The Balaban J connectivity index is 1.82. The molecular weight excluding hydrogens is 202 g/mol. The summed E-state index contributed by atoms with van der Waals surface area (Å²) in [6, 6.07) is 4.18. The molecule has 1 aliphatic heterocycles. The van der Waals surface area contributed by atoms with Crippen molar-refractivity contribution >= 4 is 29.0 Å². The second kappa shape index (κ2) is 4.15. The van der Waals surface area contributed by atoms with E-state index >= 15 is 0 Å². The van der Waals surface area contributed by atoms with Gasteiger partial charge in [0.15, 0.2) is 0 Å². The molecule has 1 atom stereocenters. The van der Waals surface area contributed by atoms with E-state index in [2.05, 4.69) is 22.8 Å². The summed E-state index contributed by atoms with van der Waals surface area (Å²) < 4.78 is 0. The summed E-state index contributed by atoms with van der Waals surface area (Å²) in [5.74, 6) is 0.995. The monoisotopic (exact) mass is 213 g/mol. The largest absolute Gasteiger partial charge is 0.346 e. The molecule has 4 heteroatoms. The summed E-state index contributed by atoms with van der Waals surface area (Å²) in [6.45, 7) is 0. The zero-order chi connectivity index (χ0) is 9.10. The molecule has 0 aromatic carbocycles. The number of nitrogens with one attached hydrogen (secondary N) is 1. The van der Waals surface area contributed by atoms with Crippen LogP contribution in [0.4, 0.5) is 0 Å². The fraction of sp³-hybridized carbons (Fsp3) is 0.444. The highest BCUT2D eigenvalue weighted by Gasteiger charge is 2.23. The molecule has 70 valence electrons. The molecule has 1 N–H and O–H groups in total.